The van der Waals surface area contributed by atoms with E-state index in [1.165, 1.54) is 12.1 Å². The number of para-hydroxylation sites is 1. The van der Waals surface area contributed by atoms with Gasteiger partial charge in [-0.15, -0.1) is 0 Å². The van der Waals surface area contributed by atoms with E-state index in [9.17, 15) is 14.4 Å². The number of hydrogen-bond donors (Lipinski definition) is 4. The molecule has 0 bridgehead atoms. The summed E-state index contributed by atoms with van der Waals surface area (Å²) in [6, 6.07) is 2.05. The topological polar surface area (TPSA) is 116 Å². The van der Waals surface area contributed by atoms with E-state index in [0.717, 1.165) is 0 Å². The fourth-order valence-electron chi connectivity index (χ4n) is 1.30. The van der Waals surface area contributed by atoms with Crippen molar-refractivity contribution in [1.82, 2.24) is 5.32 Å². The van der Waals surface area contributed by atoms with E-state index in [1.807, 2.05) is 5.32 Å². The van der Waals surface area contributed by atoms with Gasteiger partial charge in [-0.25, -0.2) is 9.59 Å². The maximum Gasteiger partial charge on any atom is 0.326 e. The number of aliphatic carboxylic acids is 2. The lowest BCUT2D eigenvalue weighted by Gasteiger charge is -2.14. The second kappa shape index (κ2) is 6.97. The van der Waals surface area contributed by atoms with Crippen LogP contribution in [0, 0.1) is 0 Å². The second-order valence-electron chi connectivity index (χ2n) is 3.68. The highest BCUT2D eigenvalue weighted by atomic mass is 35.5. The SMILES string of the molecule is O=C(O)C[C@@H](NC(=O)Nc1c(Cl)cccc1Cl)C(=O)O. The molecule has 0 spiro atoms. The van der Waals surface area contributed by atoms with Crippen LogP contribution in [0.3, 0.4) is 0 Å². The van der Waals surface area contributed by atoms with Crippen molar-refractivity contribution in [3.05, 3.63) is 28.2 Å². The van der Waals surface area contributed by atoms with Crippen LogP contribution in [0.2, 0.25) is 10.0 Å². The van der Waals surface area contributed by atoms with Crippen LogP contribution in [0.5, 0.6) is 0 Å². The molecule has 0 aliphatic carbocycles. The Morgan fingerprint density at radius 2 is 1.70 bits per heavy atom. The summed E-state index contributed by atoms with van der Waals surface area (Å²) in [4.78, 5) is 32.9. The van der Waals surface area contributed by atoms with E-state index < -0.39 is 30.4 Å². The largest absolute Gasteiger partial charge is 0.481 e. The molecule has 0 saturated heterocycles. The van der Waals surface area contributed by atoms with E-state index in [4.69, 9.17) is 33.4 Å². The molecule has 9 heteroatoms. The Labute approximate surface area is 123 Å². The minimum atomic E-state index is -1.56. The number of carboxylic acids is 2. The van der Waals surface area contributed by atoms with Gasteiger partial charge in [-0.1, -0.05) is 29.3 Å². The Bertz CT molecular complexity index is 529. The molecule has 0 heterocycles. The molecule has 4 N–H and O–H groups in total. The summed E-state index contributed by atoms with van der Waals surface area (Å²) < 4.78 is 0. The summed E-state index contributed by atoms with van der Waals surface area (Å²) in [5.74, 6) is -2.82. The monoisotopic (exact) mass is 320 g/mol. The van der Waals surface area contributed by atoms with Crippen LogP contribution in [-0.4, -0.2) is 34.2 Å². The van der Waals surface area contributed by atoms with Crippen molar-refractivity contribution in [2.24, 2.45) is 0 Å². The Kier molecular flexibility index (Phi) is 5.60. The average Bonchev–Trinajstić information content (AvgIpc) is 2.32. The predicted octanol–water partition coefficient (Wildman–Crippen LogP) is 2.04. The van der Waals surface area contributed by atoms with Gasteiger partial charge in [0.15, 0.2) is 0 Å². The van der Waals surface area contributed by atoms with Crippen molar-refractivity contribution in [3.8, 4) is 0 Å². The Morgan fingerprint density at radius 1 is 1.15 bits per heavy atom. The van der Waals surface area contributed by atoms with Crippen molar-refractivity contribution in [2.75, 3.05) is 5.32 Å². The number of anilines is 1. The van der Waals surface area contributed by atoms with Crippen LogP contribution in [0.4, 0.5) is 10.5 Å². The molecule has 0 fully saturated rings. The van der Waals surface area contributed by atoms with E-state index in [-0.39, 0.29) is 15.7 Å². The van der Waals surface area contributed by atoms with Gasteiger partial charge in [0.2, 0.25) is 0 Å². The van der Waals surface area contributed by atoms with Crippen molar-refractivity contribution < 1.29 is 24.6 Å². The number of carbonyl (C=O) groups excluding carboxylic acids is 1. The molecule has 0 radical (unpaired) electrons. The molecule has 0 aliphatic heterocycles. The Morgan fingerprint density at radius 3 is 2.15 bits per heavy atom. The van der Waals surface area contributed by atoms with Gasteiger partial charge in [0.05, 0.1) is 22.2 Å². The molecular weight excluding hydrogens is 311 g/mol. The summed E-state index contributed by atoms with van der Waals surface area (Å²) in [6.45, 7) is 0. The third-order valence-corrected chi connectivity index (χ3v) is 2.81. The van der Waals surface area contributed by atoms with Crippen molar-refractivity contribution in [1.29, 1.82) is 0 Å². The van der Waals surface area contributed by atoms with E-state index in [2.05, 4.69) is 5.32 Å². The zero-order chi connectivity index (χ0) is 15.3. The van der Waals surface area contributed by atoms with E-state index in [0.29, 0.717) is 0 Å². The number of carbonyl (C=O) groups is 3. The first kappa shape index (κ1) is 16.1. The number of carboxylic acid groups (broad SMARTS) is 2. The number of hydrogen-bond acceptors (Lipinski definition) is 3. The molecule has 0 aliphatic rings. The maximum absolute atomic E-state index is 11.6. The second-order valence-corrected chi connectivity index (χ2v) is 4.50. The fraction of sp³-hybridized carbons (Fsp3) is 0.182. The van der Waals surface area contributed by atoms with Crippen LogP contribution in [-0.2, 0) is 9.59 Å². The summed E-state index contributed by atoms with van der Waals surface area (Å²) in [7, 11) is 0. The predicted molar refractivity (Wildman–Crippen MR) is 72.3 cm³/mol. The molecule has 0 aromatic heterocycles. The quantitative estimate of drug-likeness (QED) is 0.662. The summed E-state index contributed by atoms with van der Waals surface area (Å²) in [5.41, 5.74) is 0.104. The van der Waals surface area contributed by atoms with Gasteiger partial charge < -0.3 is 20.8 Å². The molecule has 2 amide bonds. The fourth-order valence-corrected chi connectivity index (χ4v) is 1.79. The lowest BCUT2D eigenvalue weighted by Crippen LogP contribution is -2.44. The molecule has 1 aromatic rings. The molecular formula is C11H10Cl2N2O5. The van der Waals surface area contributed by atoms with Gasteiger partial charge >= 0.3 is 18.0 Å². The van der Waals surface area contributed by atoms with E-state index in [1.54, 1.807) is 6.07 Å². The van der Waals surface area contributed by atoms with Crippen molar-refractivity contribution in [3.63, 3.8) is 0 Å². The molecule has 0 saturated carbocycles. The average molecular weight is 321 g/mol. The molecule has 1 rings (SSSR count). The Hall–Kier alpha value is -1.99. The van der Waals surface area contributed by atoms with E-state index >= 15 is 0 Å². The van der Waals surface area contributed by atoms with Crippen LogP contribution in [0.25, 0.3) is 0 Å². The zero-order valence-electron chi connectivity index (χ0n) is 9.89. The number of nitrogens with one attached hydrogen (secondary N) is 2. The first-order valence-electron chi connectivity index (χ1n) is 5.27. The highest BCUT2D eigenvalue weighted by molar-refractivity contribution is 6.39. The van der Waals surface area contributed by atoms with Crippen LogP contribution < -0.4 is 10.6 Å². The van der Waals surface area contributed by atoms with Crippen LogP contribution in [0.1, 0.15) is 6.42 Å². The van der Waals surface area contributed by atoms with Crippen molar-refractivity contribution >= 4 is 46.9 Å². The number of halogens is 2. The molecule has 1 atom stereocenters. The molecule has 108 valence electrons. The van der Waals surface area contributed by atoms with Gasteiger partial charge in [0, 0.05) is 0 Å². The molecule has 7 nitrogen and oxygen atoms in total. The normalized spacial score (nSPS) is 11.5. The van der Waals surface area contributed by atoms with Gasteiger partial charge in [-0.2, -0.15) is 0 Å². The van der Waals surface area contributed by atoms with Gasteiger partial charge in [-0.3, -0.25) is 4.79 Å². The maximum atomic E-state index is 11.6. The third-order valence-electron chi connectivity index (χ3n) is 2.18. The Balaban J connectivity index is 2.76. The molecule has 20 heavy (non-hydrogen) atoms. The zero-order valence-corrected chi connectivity index (χ0v) is 11.4. The lowest BCUT2D eigenvalue weighted by atomic mass is 10.2. The third kappa shape index (κ3) is 4.60. The summed E-state index contributed by atoms with van der Waals surface area (Å²) >= 11 is 11.6. The molecule has 1 aromatic carbocycles. The highest BCUT2D eigenvalue weighted by Gasteiger charge is 2.23. The first-order valence-corrected chi connectivity index (χ1v) is 6.03. The lowest BCUT2D eigenvalue weighted by molar-refractivity contribution is -0.145. The number of urea groups is 1. The highest BCUT2D eigenvalue weighted by Crippen LogP contribution is 2.29. The smallest absolute Gasteiger partial charge is 0.326 e. The van der Waals surface area contributed by atoms with Crippen molar-refractivity contribution in [2.45, 2.75) is 12.5 Å². The molecule has 0 unspecified atom stereocenters. The summed E-state index contributed by atoms with van der Waals surface area (Å²) in [5, 5.41) is 21.9. The van der Waals surface area contributed by atoms with Crippen LogP contribution in [0.15, 0.2) is 18.2 Å². The first-order chi connectivity index (χ1) is 9.31. The minimum absolute atomic E-state index is 0.104. The summed E-state index contributed by atoms with van der Waals surface area (Å²) in [6.07, 6.45) is -0.751. The number of rotatable bonds is 5. The van der Waals surface area contributed by atoms with Gasteiger partial charge in [0.1, 0.15) is 6.04 Å². The standard InChI is InChI=1S/C11H10Cl2N2O5/c12-5-2-1-3-6(13)9(5)15-11(20)14-7(10(18)19)4-8(16)17/h1-3,7H,4H2,(H,16,17)(H,18,19)(H2,14,15,20)/t7-/m1/s1. The van der Waals surface area contributed by atoms with Gasteiger partial charge in [0.25, 0.3) is 0 Å². The van der Waals surface area contributed by atoms with Crippen LogP contribution >= 0.6 is 23.2 Å². The minimum Gasteiger partial charge on any atom is -0.481 e. The number of amides is 2. The number of benzene rings is 1. The van der Waals surface area contributed by atoms with Gasteiger partial charge in [-0.05, 0) is 12.1 Å².